The minimum absolute atomic E-state index is 0.413. The number of benzene rings is 4. The molecule has 0 aromatic heterocycles. The summed E-state index contributed by atoms with van der Waals surface area (Å²) in [5, 5.41) is 0. The van der Waals surface area contributed by atoms with Crippen LogP contribution in [0.15, 0.2) is 121 Å². The van der Waals surface area contributed by atoms with Crippen LogP contribution >= 0.6 is 0 Å². The van der Waals surface area contributed by atoms with Gasteiger partial charge in [0.05, 0.1) is 11.4 Å². The number of hydrogen-bond donors (Lipinski definition) is 2. The van der Waals surface area contributed by atoms with Crippen LogP contribution in [0, 0.1) is 0 Å². The van der Waals surface area contributed by atoms with E-state index < -0.39 is 17.4 Å². The minimum Gasteiger partial charge on any atom is -0.341 e. The average Bonchev–Trinajstić information content (AvgIpc) is 2.89. The monoisotopic (exact) mass is 438 g/mol. The fourth-order valence-electron chi connectivity index (χ4n) is 3.47. The molecule has 4 aromatic carbocycles. The second-order valence-electron chi connectivity index (χ2n) is 7.20. The van der Waals surface area contributed by atoms with Crippen LogP contribution in [0.2, 0.25) is 0 Å². The zero-order valence-corrected chi connectivity index (χ0v) is 17.7. The van der Waals surface area contributed by atoms with Gasteiger partial charge >= 0.3 is 11.9 Å². The molecule has 0 amide bonds. The van der Waals surface area contributed by atoms with Gasteiger partial charge in [-0.15, -0.1) is 0 Å². The van der Waals surface area contributed by atoms with Crippen LogP contribution in [0.25, 0.3) is 0 Å². The van der Waals surface area contributed by atoms with E-state index in [1.165, 1.54) is 0 Å². The number of rotatable bonds is 8. The maximum absolute atomic E-state index is 13.7. The molecule has 0 aliphatic heterocycles. The van der Waals surface area contributed by atoms with E-state index in [0.717, 1.165) is 0 Å². The molecule has 6 nitrogen and oxygen atoms in total. The summed E-state index contributed by atoms with van der Waals surface area (Å²) in [6.07, 6.45) is 0. The lowest BCUT2D eigenvalue weighted by atomic mass is 9.74. The lowest BCUT2D eigenvalue weighted by molar-refractivity contribution is -0.159. The van der Waals surface area contributed by atoms with Gasteiger partial charge in [0, 0.05) is 0 Å². The number of carbonyl (C=O) groups is 2. The molecular formula is C27H22N2O4. The molecule has 0 aliphatic rings. The zero-order chi connectivity index (χ0) is 22.9. The highest BCUT2D eigenvalue weighted by Crippen LogP contribution is 2.35. The maximum Gasteiger partial charge on any atom is 0.358 e. The molecule has 0 saturated heterocycles. The van der Waals surface area contributed by atoms with Gasteiger partial charge < -0.3 is 9.68 Å². The van der Waals surface area contributed by atoms with Crippen molar-refractivity contribution in [3.05, 3.63) is 132 Å². The summed E-state index contributed by atoms with van der Waals surface area (Å²) in [7, 11) is 0. The smallest absolute Gasteiger partial charge is 0.341 e. The minimum atomic E-state index is -1.88. The van der Waals surface area contributed by atoms with E-state index in [-0.39, 0.29) is 0 Å². The SMILES string of the molecule is O=C(ONc1ccccc1)C(C(=O)ONc1ccccc1)(c1ccccc1)c1ccccc1. The molecular weight excluding hydrogens is 416 g/mol. The van der Waals surface area contributed by atoms with Crippen LogP contribution in [-0.4, -0.2) is 11.9 Å². The Balaban J connectivity index is 1.74. The maximum atomic E-state index is 13.7. The third-order valence-corrected chi connectivity index (χ3v) is 5.10. The summed E-state index contributed by atoms with van der Waals surface area (Å²) in [5.41, 5.74) is 5.36. The molecule has 0 aliphatic carbocycles. The summed E-state index contributed by atoms with van der Waals surface area (Å²) in [6, 6.07) is 35.3. The number of anilines is 2. The zero-order valence-electron chi connectivity index (χ0n) is 17.7. The molecule has 164 valence electrons. The van der Waals surface area contributed by atoms with Crippen molar-refractivity contribution in [2.75, 3.05) is 11.0 Å². The van der Waals surface area contributed by atoms with Crippen LogP contribution in [0.4, 0.5) is 11.4 Å². The van der Waals surface area contributed by atoms with E-state index in [2.05, 4.69) is 11.0 Å². The van der Waals surface area contributed by atoms with Gasteiger partial charge in [0.1, 0.15) is 0 Å². The standard InChI is InChI=1S/C27H22N2O4/c30-25(32-28-23-17-9-3-10-18-23)27(21-13-5-1-6-14-21,22-15-7-2-8-16-22)26(31)33-29-24-19-11-4-12-20-24/h1-20,28-29H. The summed E-state index contributed by atoms with van der Waals surface area (Å²) >= 11 is 0. The first-order chi connectivity index (χ1) is 16.2. The molecule has 4 rings (SSSR count). The van der Waals surface area contributed by atoms with Crippen molar-refractivity contribution >= 4 is 23.3 Å². The first kappa shape index (κ1) is 21.6. The van der Waals surface area contributed by atoms with E-state index in [1.54, 1.807) is 109 Å². The Morgan fingerprint density at radius 2 is 0.788 bits per heavy atom. The Morgan fingerprint density at radius 1 is 0.485 bits per heavy atom. The second kappa shape index (κ2) is 10.2. The molecule has 0 unspecified atom stereocenters. The molecule has 0 radical (unpaired) electrons. The highest BCUT2D eigenvalue weighted by atomic mass is 16.7. The molecule has 6 heteroatoms. The summed E-state index contributed by atoms with van der Waals surface area (Å²) in [6.45, 7) is 0. The van der Waals surface area contributed by atoms with Gasteiger partial charge in [0.15, 0.2) is 0 Å². The number of carbonyl (C=O) groups excluding carboxylic acids is 2. The third kappa shape index (κ3) is 4.70. The summed E-state index contributed by atoms with van der Waals surface area (Å²) in [5.74, 6) is -1.66. The number of para-hydroxylation sites is 2. The lowest BCUT2D eigenvalue weighted by Gasteiger charge is -2.30. The molecule has 0 saturated carbocycles. The lowest BCUT2D eigenvalue weighted by Crippen LogP contribution is -2.48. The van der Waals surface area contributed by atoms with Gasteiger partial charge in [0.2, 0.25) is 5.41 Å². The summed E-state index contributed by atoms with van der Waals surface area (Å²) in [4.78, 5) is 38.3. The van der Waals surface area contributed by atoms with Crippen LogP contribution in [-0.2, 0) is 24.7 Å². The van der Waals surface area contributed by atoms with E-state index in [9.17, 15) is 9.59 Å². The van der Waals surface area contributed by atoms with Crippen LogP contribution in [0.1, 0.15) is 11.1 Å². The topological polar surface area (TPSA) is 76.7 Å². The first-order valence-electron chi connectivity index (χ1n) is 10.4. The largest absolute Gasteiger partial charge is 0.358 e. The molecule has 4 aromatic rings. The van der Waals surface area contributed by atoms with E-state index >= 15 is 0 Å². The highest BCUT2D eigenvalue weighted by molar-refractivity contribution is 6.10. The van der Waals surface area contributed by atoms with E-state index in [0.29, 0.717) is 22.5 Å². The van der Waals surface area contributed by atoms with Crippen molar-refractivity contribution in [1.29, 1.82) is 0 Å². The predicted molar refractivity (Wildman–Crippen MR) is 126 cm³/mol. The number of nitrogens with one attached hydrogen (secondary N) is 2. The summed E-state index contributed by atoms with van der Waals surface area (Å²) < 4.78 is 0. The van der Waals surface area contributed by atoms with Crippen molar-refractivity contribution in [2.45, 2.75) is 5.41 Å². The van der Waals surface area contributed by atoms with E-state index in [1.807, 2.05) is 12.1 Å². The molecule has 0 bridgehead atoms. The number of hydrogen-bond acceptors (Lipinski definition) is 6. The normalized spacial score (nSPS) is 10.7. The van der Waals surface area contributed by atoms with Crippen LogP contribution in [0.3, 0.4) is 0 Å². The van der Waals surface area contributed by atoms with Crippen LogP contribution < -0.4 is 11.0 Å². The Bertz CT molecular complexity index is 1090. The van der Waals surface area contributed by atoms with Crippen molar-refractivity contribution < 1.29 is 19.3 Å². The Labute approximate surface area is 191 Å². The van der Waals surface area contributed by atoms with Gasteiger partial charge in [-0.2, -0.15) is 0 Å². The van der Waals surface area contributed by atoms with E-state index in [4.69, 9.17) is 9.68 Å². The quantitative estimate of drug-likeness (QED) is 0.294. The fourth-order valence-corrected chi connectivity index (χ4v) is 3.47. The molecule has 0 atom stereocenters. The first-order valence-corrected chi connectivity index (χ1v) is 10.4. The van der Waals surface area contributed by atoms with Crippen molar-refractivity contribution in [3.8, 4) is 0 Å². The molecule has 0 heterocycles. The highest BCUT2D eigenvalue weighted by Gasteiger charge is 2.53. The van der Waals surface area contributed by atoms with Gasteiger partial charge in [-0.25, -0.2) is 20.5 Å². The van der Waals surface area contributed by atoms with Crippen molar-refractivity contribution in [3.63, 3.8) is 0 Å². The Morgan fingerprint density at radius 3 is 1.12 bits per heavy atom. The second-order valence-corrected chi connectivity index (χ2v) is 7.20. The Kier molecular flexibility index (Phi) is 6.66. The third-order valence-electron chi connectivity index (χ3n) is 5.10. The molecule has 0 spiro atoms. The molecule has 33 heavy (non-hydrogen) atoms. The van der Waals surface area contributed by atoms with Crippen molar-refractivity contribution in [1.82, 2.24) is 0 Å². The Hall–Kier alpha value is -4.58. The fraction of sp³-hybridized carbons (Fsp3) is 0.0370. The van der Waals surface area contributed by atoms with Gasteiger partial charge in [-0.1, -0.05) is 97.1 Å². The molecule has 0 fully saturated rings. The van der Waals surface area contributed by atoms with Crippen LogP contribution in [0.5, 0.6) is 0 Å². The van der Waals surface area contributed by atoms with Gasteiger partial charge in [-0.05, 0) is 35.4 Å². The van der Waals surface area contributed by atoms with Gasteiger partial charge in [-0.3, -0.25) is 0 Å². The predicted octanol–water partition coefficient (Wildman–Crippen LogP) is 5.11. The van der Waals surface area contributed by atoms with Crippen molar-refractivity contribution in [2.24, 2.45) is 0 Å². The average molecular weight is 438 g/mol. The molecule has 2 N–H and O–H groups in total. The van der Waals surface area contributed by atoms with Gasteiger partial charge in [0.25, 0.3) is 0 Å².